The fourth-order valence-electron chi connectivity index (χ4n) is 4.12. The highest BCUT2D eigenvalue weighted by atomic mass is 35.5. The van der Waals surface area contributed by atoms with Crippen molar-refractivity contribution >= 4 is 40.0 Å². The molecular weight excluding hydrogens is 463 g/mol. The van der Waals surface area contributed by atoms with Crippen LogP contribution in [0.25, 0.3) is 10.9 Å². The summed E-state index contributed by atoms with van der Waals surface area (Å²) in [6.07, 6.45) is 0. The van der Waals surface area contributed by atoms with E-state index in [0.717, 1.165) is 5.82 Å². The summed E-state index contributed by atoms with van der Waals surface area (Å²) in [4.78, 5) is 34.5. The van der Waals surface area contributed by atoms with Gasteiger partial charge in [-0.3, -0.25) is 19.1 Å². The van der Waals surface area contributed by atoms with Crippen molar-refractivity contribution < 1.29 is 9.53 Å². The lowest BCUT2D eigenvalue weighted by Gasteiger charge is -2.38. The second-order valence-corrected chi connectivity index (χ2v) is 8.89. The first-order valence-corrected chi connectivity index (χ1v) is 11.7. The van der Waals surface area contributed by atoms with Gasteiger partial charge in [-0.2, -0.15) is 0 Å². The lowest BCUT2D eigenvalue weighted by atomic mass is 10.1. The first-order chi connectivity index (χ1) is 15.9. The molecule has 0 radical (unpaired) electrons. The second kappa shape index (κ2) is 10.1. The van der Waals surface area contributed by atoms with Gasteiger partial charge in [-0.05, 0) is 56.3 Å². The number of piperazine rings is 1. The van der Waals surface area contributed by atoms with E-state index in [4.69, 9.17) is 32.9 Å². The molecule has 1 fully saturated rings. The van der Waals surface area contributed by atoms with Crippen LogP contribution in [0.4, 0.5) is 0 Å². The van der Waals surface area contributed by atoms with Gasteiger partial charge in [0, 0.05) is 42.8 Å². The van der Waals surface area contributed by atoms with Crippen LogP contribution in [0, 0.1) is 0 Å². The number of benzene rings is 2. The molecule has 7 nitrogen and oxygen atoms in total. The molecule has 1 aliphatic heterocycles. The fourth-order valence-corrected chi connectivity index (χ4v) is 4.42. The molecule has 1 unspecified atom stereocenters. The molecule has 1 amide bonds. The molecule has 1 aliphatic rings. The molecule has 4 rings (SSSR count). The first kappa shape index (κ1) is 23.5. The minimum absolute atomic E-state index is 0.0125. The maximum atomic E-state index is 13.0. The van der Waals surface area contributed by atoms with Gasteiger partial charge in [-0.25, -0.2) is 4.98 Å². The Bertz CT molecular complexity index is 1200. The van der Waals surface area contributed by atoms with E-state index < -0.39 is 0 Å². The van der Waals surface area contributed by atoms with Crippen LogP contribution in [-0.2, 0) is 11.3 Å². The van der Waals surface area contributed by atoms with Crippen molar-refractivity contribution in [1.82, 2.24) is 19.4 Å². The number of halogens is 2. The maximum Gasteiger partial charge on any atom is 0.261 e. The summed E-state index contributed by atoms with van der Waals surface area (Å²) in [6.45, 7) is 7.05. The quantitative estimate of drug-likeness (QED) is 0.524. The van der Waals surface area contributed by atoms with Crippen LogP contribution in [0.15, 0.2) is 47.3 Å². The SMILES string of the molecule is CCn1c(C(C)N2CCN(C(=O)COc3ccc(Cl)cc3)CC2)nc2ccc(Cl)cc2c1=O. The number of hydrogen-bond acceptors (Lipinski definition) is 5. The van der Waals surface area contributed by atoms with Crippen molar-refractivity contribution in [3.63, 3.8) is 0 Å². The third-order valence-electron chi connectivity index (χ3n) is 6.03. The van der Waals surface area contributed by atoms with Crippen molar-refractivity contribution in [2.75, 3.05) is 32.8 Å². The number of carbonyl (C=O) groups is 1. The molecule has 2 heterocycles. The molecule has 0 spiro atoms. The highest BCUT2D eigenvalue weighted by molar-refractivity contribution is 6.31. The molecule has 0 aliphatic carbocycles. The van der Waals surface area contributed by atoms with Gasteiger partial charge >= 0.3 is 0 Å². The van der Waals surface area contributed by atoms with E-state index in [-0.39, 0.29) is 24.1 Å². The maximum absolute atomic E-state index is 13.0. The Morgan fingerprint density at radius 3 is 2.39 bits per heavy atom. The zero-order chi connectivity index (χ0) is 23.5. The number of carbonyl (C=O) groups excluding carboxylic acids is 1. The van der Waals surface area contributed by atoms with Crippen molar-refractivity contribution in [1.29, 1.82) is 0 Å². The molecule has 0 bridgehead atoms. The molecule has 0 N–H and O–H groups in total. The Kier molecular flexibility index (Phi) is 7.22. The molecule has 33 heavy (non-hydrogen) atoms. The van der Waals surface area contributed by atoms with Crippen molar-refractivity contribution in [3.8, 4) is 5.75 Å². The Balaban J connectivity index is 1.42. The van der Waals surface area contributed by atoms with Gasteiger partial charge < -0.3 is 9.64 Å². The number of ether oxygens (including phenoxy) is 1. The number of hydrogen-bond donors (Lipinski definition) is 0. The molecular formula is C24H26Cl2N4O3. The monoisotopic (exact) mass is 488 g/mol. The van der Waals surface area contributed by atoms with E-state index in [1.165, 1.54) is 0 Å². The molecule has 1 aromatic heterocycles. The van der Waals surface area contributed by atoms with Crippen LogP contribution in [0.5, 0.6) is 5.75 Å². The average Bonchev–Trinajstić information content (AvgIpc) is 2.83. The smallest absolute Gasteiger partial charge is 0.261 e. The van der Waals surface area contributed by atoms with Gasteiger partial charge in [-0.15, -0.1) is 0 Å². The van der Waals surface area contributed by atoms with E-state index in [0.29, 0.717) is 59.4 Å². The third-order valence-corrected chi connectivity index (χ3v) is 6.51. The summed E-state index contributed by atoms with van der Waals surface area (Å²) in [5.41, 5.74) is 0.559. The van der Waals surface area contributed by atoms with Gasteiger partial charge in [0.15, 0.2) is 6.61 Å². The minimum Gasteiger partial charge on any atom is -0.484 e. The predicted octanol–water partition coefficient (Wildman–Crippen LogP) is 4.01. The normalized spacial score (nSPS) is 15.6. The summed E-state index contributed by atoms with van der Waals surface area (Å²) in [6, 6.07) is 12.1. The van der Waals surface area contributed by atoms with E-state index in [1.807, 2.05) is 11.8 Å². The van der Waals surface area contributed by atoms with Crippen LogP contribution in [-0.4, -0.2) is 58.0 Å². The molecule has 1 atom stereocenters. The number of fused-ring (bicyclic) bond motifs is 1. The lowest BCUT2D eigenvalue weighted by molar-refractivity contribution is -0.135. The number of rotatable bonds is 6. The van der Waals surface area contributed by atoms with Gasteiger partial charge in [0.2, 0.25) is 0 Å². The molecule has 0 saturated carbocycles. The van der Waals surface area contributed by atoms with Crippen LogP contribution in [0.1, 0.15) is 25.7 Å². The Morgan fingerprint density at radius 2 is 1.73 bits per heavy atom. The summed E-state index contributed by atoms with van der Waals surface area (Å²) >= 11 is 12.0. The standard InChI is InChI=1S/C24H26Cl2N4O3/c1-3-30-23(27-21-9-6-18(26)14-20(21)24(30)32)16(2)28-10-12-29(13-11-28)22(31)15-33-19-7-4-17(25)5-8-19/h4-9,14,16H,3,10-13,15H2,1-2H3. The highest BCUT2D eigenvalue weighted by Crippen LogP contribution is 2.23. The topological polar surface area (TPSA) is 67.7 Å². The second-order valence-electron chi connectivity index (χ2n) is 8.02. The predicted molar refractivity (Wildman–Crippen MR) is 130 cm³/mol. The Morgan fingerprint density at radius 1 is 1.06 bits per heavy atom. The summed E-state index contributed by atoms with van der Waals surface area (Å²) in [5.74, 6) is 1.29. The van der Waals surface area contributed by atoms with E-state index in [2.05, 4.69) is 11.8 Å². The first-order valence-electron chi connectivity index (χ1n) is 11.0. The summed E-state index contributed by atoms with van der Waals surface area (Å²) in [5, 5.41) is 1.67. The van der Waals surface area contributed by atoms with Crippen LogP contribution < -0.4 is 10.3 Å². The van der Waals surface area contributed by atoms with E-state index in [9.17, 15) is 9.59 Å². The zero-order valence-corrected chi connectivity index (χ0v) is 20.1. The molecule has 1 saturated heterocycles. The van der Waals surface area contributed by atoms with E-state index >= 15 is 0 Å². The lowest BCUT2D eigenvalue weighted by Crippen LogP contribution is -2.51. The Hall–Kier alpha value is -2.61. The van der Waals surface area contributed by atoms with Crippen molar-refractivity contribution in [2.45, 2.75) is 26.4 Å². The van der Waals surface area contributed by atoms with Gasteiger partial charge in [-0.1, -0.05) is 23.2 Å². The van der Waals surface area contributed by atoms with Crippen molar-refractivity contribution in [2.24, 2.45) is 0 Å². The summed E-state index contributed by atoms with van der Waals surface area (Å²) in [7, 11) is 0. The van der Waals surface area contributed by atoms with Crippen LogP contribution >= 0.6 is 23.2 Å². The zero-order valence-electron chi connectivity index (χ0n) is 18.6. The van der Waals surface area contributed by atoms with Gasteiger partial charge in [0.1, 0.15) is 11.6 Å². The Labute approximate surface area is 202 Å². The van der Waals surface area contributed by atoms with Gasteiger partial charge in [0.05, 0.1) is 16.9 Å². The highest BCUT2D eigenvalue weighted by Gasteiger charge is 2.27. The fraction of sp³-hybridized carbons (Fsp3) is 0.375. The number of amides is 1. The number of aromatic nitrogens is 2. The minimum atomic E-state index is -0.0833. The van der Waals surface area contributed by atoms with E-state index in [1.54, 1.807) is 47.0 Å². The summed E-state index contributed by atoms with van der Waals surface area (Å²) < 4.78 is 7.30. The molecule has 174 valence electrons. The van der Waals surface area contributed by atoms with Crippen molar-refractivity contribution in [3.05, 3.63) is 68.7 Å². The molecule has 9 heteroatoms. The average molecular weight is 489 g/mol. The largest absolute Gasteiger partial charge is 0.484 e. The van der Waals surface area contributed by atoms with Gasteiger partial charge in [0.25, 0.3) is 11.5 Å². The van der Waals surface area contributed by atoms with Crippen LogP contribution in [0.2, 0.25) is 10.0 Å². The van der Waals surface area contributed by atoms with Crippen LogP contribution in [0.3, 0.4) is 0 Å². The number of nitrogens with zero attached hydrogens (tertiary/aromatic N) is 4. The third kappa shape index (κ3) is 5.16. The molecule has 2 aromatic carbocycles. The molecule has 3 aromatic rings.